The third kappa shape index (κ3) is 4.59. The van der Waals surface area contributed by atoms with E-state index in [9.17, 15) is 9.59 Å². The van der Waals surface area contributed by atoms with Crippen molar-refractivity contribution >= 4 is 11.9 Å². The van der Waals surface area contributed by atoms with Crippen molar-refractivity contribution in [3.05, 3.63) is 0 Å². The number of amides is 1. The van der Waals surface area contributed by atoms with Gasteiger partial charge in [-0.15, -0.1) is 0 Å². The van der Waals surface area contributed by atoms with Crippen molar-refractivity contribution in [1.29, 1.82) is 0 Å². The average Bonchev–Trinajstić information content (AvgIpc) is 2.22. The van der Waals surface area contributed by atoms with Crippen molar-refractivity contribution in [2.24, 2.45) is 11.1 Å². The molecular formula is C10H19NO5. The van der Waals surface area contributed by atoms with Gasteiger partial charge in [-0.25, -0.2) is 0 Å². The summed E-state index contributed by atoms with van der Waals surface area (Å²) in [5.41, 5.74) is 3.54. The molecule has 0 aromatic rings. The normalized spacial score (nSPS) is 14.4. The molecule has 1 unspecified atom stereocenters. The number of hydrogen-bond acceptors (Lipinski definition) is 4. The smallest absolute Gasteiger partial charge is 0.318 e. The number of hydrogen-bond donors (Lipinski definition) is 2. The fraction of sp³-hybridized carbons (Fsp3) is 0.800. The molecule has 0 aromatic carbocycles. The maximum atomic E-state index is 11.0. The Bertz CT molecular complexity index is 227. The summed E-state index contributed by atoms with van der Waals surface area (Å²) < 4.78 is 9.93. The van der Waals surface area contributed by atoms with Gasteiger partial charge in [-0.3, -0.25) is 9.59 Å². The molecule has 1 amide bonds. The van der Waals surface area contributed by atoms with E-state index in [0.717, 1.165) is 0 Å². The number of methoxy groups -OCH3 is 1. The molecule has 94 valence electrons. The lowest BCUT2D eigenvalue weighted by Gasteiger charge is -2.20. The summed E-state index contributed by atoms with van der Waals surface area (Å²) in [5, 5.41) is 8.88. The number of carboxylic acids is 1. The van der Waals surface area contributed by atoms with Crippen molar-refractivity contribution in [2.45, 2.75) is 19.8 Å². The first-order chi connectivity index (χ1) is 7.45. The van der Waals surface area contributed by atoms with Crippen LogP contribution >= 0.6 is 0 Å². The Kier molecular flexibility index (Phi) is 6.67. The van der Waals surface area contributed by atoms with Crippen LogP contribution in [-0.2, 0) is 19.1 Å². The number of nitrogens with two attached hydrogens (primary N) is 1. The molecule has 0 fully saturated rings. The van der Waals surface area contributed by atoms with Crippen LogP contribution in [0.1, 0.15) is 19.8 Å². The molecule has 0 aliphatic heterocycles. The van der Waals surface area contributed by atoms with Gasteiger partial charge in [0.15, 0.2) is 0 Å². The molecule has 0 saturated carbocycles. The Balaban J connectivity index is 3.88. The lowest BCUT2D eigenvalue weighted by Crippen LogP contribution is -2.41. The predicted molar refractivity (Wildman–Crippen MR) is 56.9 cm³/mol. The molecule has 6 heteroatoms. The largest absolute Gasteiger partial charge is 0.480 e. The zero-order valence-electron chi connectivity index (χ0n) is 9.69. The minimum atomic E-state index is -1.51. The Morgan fingerprint density at radius 1 is 1.31 bits per heavy atom. The maximum Gasteiger partial charge on any atom is 0.318 e. The summed E-state index contributed by atoms with van der Waals surface area (Å²) in [6.07, 6.45) is 0.639. The maximum absolute atomic E-state index is 11.0. The SMILES string of the molecule is COCCOCCCC(C)(C(N)=O)C(=O)O. The summed E-state index contributed by atoms with van der Waals surface area (Å²) in [6, 6.07) is 0. The first kappa shape index (κ1) is 14.9. The quantitative estimate of drug-likeness (QED) is 0.431. The van der Waals surface area contributed by atoms with E-state index >= 15 is 0 Å². The van der Waals surface area contributed by atoms with E-state index in [1.165, 1.54) is 6.92 Å². The topological polar surface area (TPSA) is 98.9 Å². The molecule has 0 rings (SSSR count). The molecule has 0 aliphatic rings. The summed E-state index contributed by atoms with van der Waals surface area (Å²) in [5.74, 6) is -2.02. The summed E-state index contributed by atoms with van der Waals surface area (Å²) >= 11 is 0. The van der Waals surface area contributed by atoms with Gasteiger partial charge in [-0.05, 0) is 19.8 Å². The Morgan fingerprint density at radius 2 is 1.94 bits per heavy atom. The van der Waals surface area contributed by atoms with E-state index in [-0.39, 0.29) is 6.42 Å². The van der Waals surface area contributed by atoms with Crippen LogP contribution in [0, 0.1) is 5.41 Å². The Hall–Kier alpha value is -1.14. The molecule has 3 N–H and O–H groups in total. The highest BCUT2D eigenvalue weighted by molar-refractivity contribution is 6.00. The first-order valence-corrected chi connectivity index (χ1v) is 5.05. The van der Waals surface area contributed by atoms with E-state index < -0.39 is 17.3 Å². The van der Waals surface area contributed by atoms with Crippen molar-refractivity contribution in [2.75, 3.05) is 26.9 Å². The highest BCUT2D eigenvalue weighted by atomic mass is 16.5. The zero-order valence-corrected chi connectivity index (χ0v) is 9.69. The van der Waals surface area contributed by atoms with Crippen LogP contribution in [0.3, 0.4) is 0 Å². The molecule has 6 nitrogen and oxygen atoms in total. The third-order valence-corrected chi connectivity index (χ3v) is 2.41. The number of primary amides is 1. The Labute approximate surface area is 94.7 Å². The molecule has 0 heterocycles. The molecule has 0 saturated heterocycles. The van der Waals surface area contributed by atoms with Gasteiger partial charge in [0.25, 0.3) is 0 Å². The van der Waals surface area contributed by atoms with Crippen molar-refractivity contribution < 1.29 is 24.2 Å². The predicted octanol–water partition coefficient (Wildman–Crippen LogP) is 0.00580. The minimum Gasteiger partial charge on any atom is -0.480 e. The number of ether oxygens (including phenoxy) is 2. The molecule has 16 heavy (non-hydrogen) atoms. The molecule has 0 aliphatic carbocycles. The summed E-state index contributed by atoms with van der Waals surface area (Å²) in [6.45, 7) is 2.66. The lowest BCUT2D eigenvalue weighted by molar-refractivity contribution is -0.154. The van der Waals surface area contributed by atoms with E-state index in [1.807, 2.05) is 0 Å². The van der Waals surface area contributed by atoms with Gasteiger partial charge in [0.1, 0.15) is 5.41 Å². The van der Waals surface area contributed by atoms with E-state index in [4.69, 9.17) is 20.3 Å². The number of aliphatic carboxylic acids is 1. The van der Waals surface area contributed by atoms with Crippen LogP contribution in [-0.4, -0.2) is 43.9 Å². The molecule has 0 spiro atoms. The fourth-order valence-electron chi connectivity index (χ4n) is 1.11. The van der Waals surface area contributed by atoms with Crippen LogP contribution in [0.4, 0.5) is 0 Å². The first-order valence-electron chi connectivity index (χ1n) is 5.05. The van der Waals surface area contributed by atoms with E-state index in [1.54, 1.807) is 7.11 Å². The van der Waals surface area contributed by atoms with Crippen LogP contribution in [0.15, 0.2) is 0 Å². The second-order valence-electron chi connectivity index (χ2n) is 3.71. The van der Waals surface area contributed by atoms with E-state index in [2.05, 4.69) is 0 Å². The molecule has 0 radical (unpaired) electrons. The van der Waals surface area contributed by atoms with Crippen LogP contribution < -0.4 is 5.73 Å². The van der Waals surface area contributed by atoms with Gasteiger partial charge in [-0.2, -0.15) is 0 Å². The molecule has 0 bridgehead atoms. The van der Waals surface area contributed by atoms with Crippen molar-refractivity contribution in [1.82, 2.24) is 0 Å². The molecular weight excluding hydrogens is 214 g/mol. The molecule has 1 atom stereocenters. The summed E-state index contributed by atoms with van der Waals surface area (Å²) in [4.78, 5) is 21.9. The fourth-order valence-corrected chi connectivity index (χ4v) is 1.11. The standard InChI is InChI=1S/C10H19NO5/c1-10(8(11)12,9(13)14)4-3-5-16-7-6-15-2/h3-7H2,1-2H3,(H2,11,12)(H,13,14). The van der Waals surface area contributed by atoms with Crippen molar-refractivity contribution in [3.8, 4) is 0 Å². The highest BCUT2D eigenvalue weighted by Gasteiger charge is 2.38. The lowest BCUT2D eigenvalue weighted by atomic mass is 9.85. The molecule has 0 aromatic heterocycles. The highest BCUT2D eigenvalue weighted by Crippen LogP contribution is 2.22. The van der Waals surface area contributed by atoms with Gasteiger partial charge in [0.2, 0.25) is 5.91 Å². The summed E-state index contributed by atoms with van der Waals surface area (Å²) in [7, 11) is 1.57. The number of carboxylic acid groups (broad SMARTS) is 1. The van der Waals surface area contributed by atoms with Gasteiger partial charge in [0, 0.05) is 13.7 Å². The second kappa shape index (κ2) is 7.19. The van der Waals surface area contributed by atoms with Crippen molar-refractivity contribution in [3.63, 3.8) is 0 Å². The van der Waals surface area contributed by atoms with Gasteiger partial charge >= 0.3 is 5.97 Å². The number of rotatable bonds is 9. The van der Waals surface area contributed by atoms with E-state index in [0.29, 0.717) is 26.2 Å². The number of carbonyl (C=O) groups is 2. The average molecular weight is 233 g/mol. The van der Waals surface area contributed by atoms with Gasteiger partial charge < -0.3 is 20.3 Å². The van der Waals surface area contributed by atoms with Gasteiger partial charge in [-0.1, -0.05) is 0 Å². The van der Waals surface area contributed by atoms with Crippen LogP contribution in [0.2, 0.25) is 0 Å². The van der Waals surface area contributed by atoms with Crippen LogP contribution in [0.25, 0.3) is 0 Å². The minimum absolute atomic E-state index is 0.171. The number of carbonyl (C=O) groups excluding carboxylic acids is 1. The third-order valence-electron chi connectivity index (χ3n) is 2.41. The second-order valence-corrected chi connectivity index (χ2v) is 3.71. The zero-order chi connectivity index (χ0) is 12.6. The van der Waals surface area contributed by atoms with Crippen LogP contribution in [0.5, 0.6) is 0 Å². The van der Waals surface area contributed by atoms with Gasteiger partial charge in [0.05, 0.1) is 13.2 Å². The monoisotopic (exact) mass is 233 g/mol. The Morgan fingerprint density at radius 3 is 2.38 bits per heavy atom.